The highest BCUT2D eigenvalue weighted by Crippen LogP contribution is 2.25. The van der Waals surface area contributed by atoms with E-state index in [1.807, 2.05) is 30.3 Å². The van der Waals surface area contributed by atoms with Gasteiger partial charge < -0.3 is 4.74 Å². The first-order valence-corrected chi connectivity index (χ1v) is 11.2. The number of unbranched alkanes of at least 4 members (excludes halogenated alkanes) is 4. The van der Waals surface area contributed by atoms with Crippen LogP contribution in [0.15, 0.2) is 66.7 Å². The Morgan fingerprint density at radius 3 is 1.87 bits per heavy atom. The lowest BCUT2D eigenvalue weighted by atomic mass is 9.98. The van der Waals surface area contributed by atoms with Crippen molar-refractivity contribution in [2.24, 2.45) is 0 Å². The molecule has 30 heavy (non-hydrogen) atoms. The summed E-state index contributed by atoms with van der Waals surface area (Å²) in [7, 11) is 1.68. The first kappa shape index (κ1) is 22.1. The van der Waals surface area contributed by atoms with Crippen molar-refractivity contribution < 1.29 is 9.13 Å². The molecule has 0 amide bonds. The first-order chi connectivity index (χ1) is 14.7. The molecule has 158 valence electrons. The van der Waals surface area contributed by atoms with E-state index in [4.69, 9.17) is 4.74 Å². The van der Waals surface area contributed by atoms with E-state index in [0.717, 1.165) is 42.6 Å². The number of hydrogen-bond acceptors (Lipinski definition) is 1. The number of halogens is 1. The molecule has 2 heteroatoms. The van der Waals surface area contributed by atoms with Crippen LogP contribution in [0.3, 0.4) is 0 Å². The van der Waals surface area contributed by atoms with Gasteiger partial charge in [-0.25, -0.2) is 4.39 Å². The molecule has 0 radical (unpaired) electrons. The van der Waals surface area contributed by atoms with Crippen LogP contribution < -0.4 is 4.74 Å². The van der Waals surface area contributed by atoms with Gasteiger partial charge in [0.1, 0.15) is 11.6 Å². The van der Waals surface area contributed by atoms with Crippen molar-refractivity contribution in [3.63, 3.8) is 0 Å². The summed E-state index contributed by atoms with van der Waals surface area (Å²) in [6.45, 7) is 2.22. The van der Waals surface area contributed by atoms with Crippen LogP contribution in [0.4, 0.5) is 4.39 Å². The lowest BCUT2D eigenvalue weighted by molar-refractivity contribution is 0.414. The highest BCUT2D eigenvalue weighted by atomic mass is 19.1. The van der Waals surface area contributed by atoms with E-state index in [-0.39, 0.29) is 5.82 Å². The molecule has 0 heterocycles. The standard InChI is InChI=1S/C28H33FO/c1-3-4-5-6-7-8-24-15-20-27(28(29)21-24)25-16-11-22(12-17-25)9-10-23-13-18-26(30-2)19-14-23/h11-21H,3-10H2,1-2H3. The molecule has 0 N–H and O–H groups in total. The maximum absolute atomic E-state index is 14.7. The highest BCUT2D eigenvalue weighted by Gasteiger charge is 2.07. The summed E-state index contributed by atoms with van der Waals surface area (Å²) in [6.07, 6.45) is 9.10. The molecular formula is C28H33FO. The second-order valence-corrected chi connectivity index (χ2v) is 8.02. The van der Waals surface area contributed by atoms with Gasteiger partial charge >= 0.3 is 0 Å². The number of benzene rings is 3. The molecule has 1 nitrogen and oxygen atoms in total. The summed E-state index contributed by atoms with van der Waals surface area (Å²) in [5, 5.41) is 0. The van der Waals surface area contributed by atoms with Crippen molar-refractivity contribution in [2.75, 3.05) is 7.11 Å². The highest BCUT2D eigenvalue weighted by molar-refractivity contribution is 5.64. The Hall–Kier alpha value is -2.61. The molecule has 3 aromatic carbocycles. The van der Waals surface area contributed by atoms with Crippen LogP contribution in [0.5, 0.6) is 5.75 Å². The Kier molecular flexibility index (Phi) is 8.50. The zero-order chi connectivity index (χ0) is 21.2. The molecule has 0 atom stereocenters. The van der Waals surface area contributed by atoms with Gasteiger partial charge in [0.15, 0.2) is 0 Å². The molecule has 0 unspecified atom stereocenters. The van der Waals surface area contributed by atoms with Gasteiger partial charge in [0.05, 0.1) is 7.11 Å². The van der Waals surface area contributed by atoms with Crippen LogP contribution in [0.1, 0.15) is 55.7 Å². The number of aryl methyl sites for hydroxylation is 3. The number of hydrogen-bond donors (Lipinski definition) is 0. The molecule has 0 bridgehead atoms. The maximum atomic E-state index is 14.7. The average Bonchev–Trinajstić information content (AvgIpc) is 2.78. The normalized spacial score (nSPS) is 10.9. The molecule has 0 saturated carbocycles. The van der Waals surface area contributed by atoms with Crippen molar-refractivity contribution >= 4 is 0 Å². The van der Waals surface area contributed by atoms with Gasteiger partial charge in [0, 0.05) is 5.56 Å². The van der Waals surface area contributed by atoms with Crippen molar-refractivity contribution in [1.29, 1.82) is 0 Å². The van der Waals surface area contributed by atoms with Crippen LogP contribution in [-0.2, 0) is 19.3 Å². The Morgan fingerprint density at radius 1 is 0.667 bits per heavy atom. The number of ether oxygens (including phenoxy) is 1. The molecule has 0 aliphatic carbocycles. The Morgan fingerprint density at radius 2 is 1.27 bits per heavy atom. The molecular weight excluding hydrogens is 371 g/mol. The summed E-state index contributed by atoms with van der Waals surface area (Å²) >= 11 is 0. The fourth-order valence-electron chi connectivity index (χ4n) is 3.81. The summed E-state index contributed by atoms with van der Waals surface area (Å²) in [4.78, 5) is 0. The van der Waals surface area contributed by atoms with E-state index in [2.05, 4.69) is 37.3 Å². The Balaban J connectivity index is 1.55. The lowest BCUT2D eigenvalue weighted by Gasteiger charge is -2.09. The quantitative estimate of drug-likeness (QED) is 0.296. The Bertz CT molecular complexity index is 897. The SMILES string of the molecule is CCCCCCCc1ccc(-c2ccc(CCc3ccc(OC)cc3)cc2)c(F)c1. The van der Waals surface area contributed by atoms with Crippen molar-refractivity contribution in [3.8, 4) is 16.9 Å². The minimum atomic E-state index is -0.118. The van der Waals surface area contributed by atoms with Crippen LogP contribution in [0.25, 0.3) is 11.1 Å². The summed E-state index contributed by atoms with van der Waals surface area (Å²) in [5.74, 6) is 0.764. The third-order valence-corrected chi connectivity index (χ3v) is 5.73. The minimum absolute atomic E-state index is 0.118. The van der Waals surface area contributed by atoms with Crippen LogP contribution in [-0.4, -0.2) is 7.11 Å². The van der Waals surface area contributed by atoms with E-state index in [9.17, 15) is 4.39 Å². The van der Waals surface area contributed by atoms with Crippen LogP contribution in [0.2, 0.25) is 0 Å². The number of rotatable bonds is 11. The van der Waals surface area contributed by atoms with E-state index < -0.39 is 0 Å². The Labute approximate surface area is 180 Å². The molecule has 0 aliphatic rings. The zero-order valence-corrected chi connectivity index (χ0v) is 18.3. The molecule has 0 spiro atoms. The summed E-state index contributed by atoms with van der Waals surface area (Å²) < 4.78 is 19.9. The van der Waals surface area contributed by atoms with Crippen molar-refractivity contribution in [1.82, 2.24) is 0 Å². The van der Waals surface area contributed by atoms with Crippen molar-refractivity contribution in [2.45, 2.75) is 58.3 Å². The topological polar surface area (TPSA) is 9.23 Å². The predicted molar refractivity (Wildman–Crippen MR) is 125 cm³/mol. The second kappa shape index (κ2) is 11.5. The fraction of sp³-hybridized carbons (Fsp3) is 0.357. The maximum Gasteiger partial charge on any atom is 0.131 e. The van der Waals surface area contributed by atoms with Crippen LogP contribution in [0, 0.1) is 5.82 Å². The second-order valence-electron chi connectivity index (χ2n) is 8.02. The minimum Gasteiger partial charge on any atom is -0.497 e. The monoisotopic (exact) mass is 404 g/mol. The molecule has 3 rings (SSSR count). The molecule has 0 fully saturated rings. The van der Waals surface area contributed by atoms with Crippen molar-refractivity contribution in [3.05, 3.63) is 89.2 Å². The number of methoxy groups -OCH3 is 1. The predicted octanol–water partition coefficient (Wildman–Crippen LogP) is 7.80. The summed E-state index contributed by atoms with van der Waals surface area (Å²) in [5.41, 5.74) is 5.28. The average molecular weight is 405 g/mol. The van der Waals surface area contributed by atoms with Gasteiger partial charge in [-0.05, 0) is 66.1 Å². The smallest absolute Gasteiger partial charge is 0.131 e. The van der Waals surface area contributed by atoms with Gasteiger partial charge in [-0.15, -0.1) is 0 Å². The zero-order valence-electron chi connectivity index (χ0n) is 18.3. The third kappa shape index (κ3) is 6.45. The lowest BCUT2D eigenvalue weighted by Crippen LogP contribution is -1.93. The largest absolute Gasteiger partial charge is 0.497 e. The van der Waals surface area contributed by atoms with Gasteiger partial charge in [-0.1, -0.05) is 81.1 Å². The van der Waals surface area contributed by atoms with Crippen LogP contribution >= 0.6 is 0 Å². The van der Waals surface area contributed by atoms with E-state index in [1.54, 1.807) is 13.2 Å². The molecule has 3 aromatic rings. The van der Waals surface area contributed by atoms with E-state index in [0.29, 0.717) is 5.56 Å². The first-order valence-electron chi connectivity index (χ1n) is 11.2. The van der Waals surface area contributed by atoms with Gasteiger partial charge in [-0.3, -0.25) is 0 Å². The van der Waals surface area contributed by atoms with E-state index in [1.165, 1.54) is 36.8 Å². The van der Waals surface area contributed by atoms with E-state index >= 15 is 0 Å². The molecule has 0 aromatic heterocycles. The molecule has 0 aliphatic heterocycles. The fourth-order valence-corrected chi connectivity index (χ4v) is 3.81. The van der Waals surface area contributed by atoms with Gasteiger partial charge in [0.25, 0.3) is 0 Å². The summed E-state index contributed by atoms with van der Waals surface area (Å²) in [6, 6.07) is 22.2. The third-order valence-electron chi connectivity index (χ3n) is 5.73. The van der Waals surface area contributed by atoms with Gasteiger partial charge in [-0.2, -0.15) is 0 Å². The van der Waals surface area contributed by atoms with Gasteiger partial charge in [0.2, 0.25) is 0 Å². The molecule has 0 saturated heterocycles.